The van der Waals surface area contributed by atoms with E-state index in [0.717, 1.165) is 22.0 Å². The molecule has 0 bridgehead atoms. The maximum absolute atomic E-state index is 14.2. The minimum absolute atomic E-state index is 0.0221. The maximum atomic E-state index is 14.2. The number of benzene rings is 3. The average Bonchev–Trinajstić information content (AvgIpc) is 2.88. The van der Waals surface area contributed by atoms with Crippen molar-refractivity contribution in [1.29, 1.82) is 0 Å². The minimum Gasteiger partial charge on any atom is -0.352 e. The predicted octanol–water partition coefficient (Wildman–Crippen LogP) is 7.03. The molecule has 8 heteroatoms. The van der Waals surface area contributed by atoms with E-state index in [1.54, 1.807) is 17.0 Å². The summed E-state index contributed by atoms with van der Waals surface area (Å²) in [7, 11) is 0. The summed E-state index contributed by atoms with van der Waals surface area (Å²) in [6.07, 6.45) is 1.16. The van der Waals surface area contributed by atoms with E-state index < -0.39 is 11.9 Å². The smallest absolute Gasteiger partial charge is 0.243 e. The fraction of sp³-hybridized carbons (Fsp3) is 0.310. The molecule has 0 radical (unpaired) electrons. The molecule has 0 spiro atoms. The Kier molecular flexibility index (Phi) is 11.5. The van der Waals surface area contributed by atoms with Crippen molar-refractivity contribution in [3.8, 4) is 0 Å². The largest absolute Gasteiger partial charge is 0.352 e. The molecule has 0 aliphatic heterocycles. The van der Waals surface area contributed by atoms with Crippen molar-refractivity contribution < 1.29 is 14.0 Å². The number of thioether (sulfide) groups is 1. The molecule has 0 fully saturated rings. The number of amides is 2. The molecule has 3 aromatic rings. The lowest BCUT2D eigenvalue weighted by Gasteiger charge is -2.32. The Balaban J connectivity index is 1.88. The first-order valence-corrected chi connectivity index (χ1v) is 14.5. The van der Waals surface area contributed by atoms with Crippen LogP contribution in [0.1, 0.15) is 37.0 Å². The minimum atomic E-state index is -0.708. The van der Waals surface area contributed by atoms with Crippen LogP contribution in [0.25, 0.3) is 0 Å². The standard InChI is InChI=1S/C29H31BrClFN2O2S/c1-3-20(2)33-29(36)27(16-21-9-5-4-6-10-21)34(17-22-11-7-12-23(30)15-22)28(35)19-37-18-24-25(31)13-8-14-26(24)32/h4-15,20,27H,3,16-19H2,1-2H3,(H,33,36)/t20-,27-/m0/s1. The molecule has 0 unspecified atom stereocenters. The van der Waals surface area contributed by atoms with Gasteiger partial charge in [0.1, 0.15) is 11.9 Å². The van der Waals surface area contributed by atoms with Gasteiger partial charge in [0, 0.05) is 39.8 Å². The summed E-state index contributed by atoms with van der Waals surface area (Å²) in [5, 5.41) is 3.40. The molecule has 1 N–H and O–H groups in total. The molecule has 196 valence electrons. The molecule has 0 aliphatic rings. The lowest BCUT2D eigenvalue weighted by Crippen LogP contribution is -2.52. The van der Waals surface area contributed by atoms with Crippen LogP contribution in [0.5, 0.6) is 0 Å². The first-order valence-electron chi connectivity index (χ1n) is 12.2. The molecule has 4 nitrogen and oxygen atoms in total. The second-order valence-corrected chi connectivity index (χ2v) is 11.2. The quantitative estimate of drug-likeness (QED) is 0.241. The fourth-order valence-electron chi connectivity index (χ4n) is 3.82. The van der Waals surface area contributed by atoms with Crippen molar-refractivity contribution in [3.05, 3.63) is 105 Å². The molecule has 0 saturated carbocycles. The molecule has 3 aromatic carbocycles. The van der Waals surface area contributed by atoms with Crippen LogP contribution in [0.4, 0.5) is 4.39 Å². The summed E-state index contributed by atoms with van der Waals surface area (Å²) in [6, 6.07) is 21.2. The summed E-state index contributed by atoms with van der Waals surface area (Å²) >= 11 is 10.9. The Morgan fingerprint density at radius 2 is 1.76 bits per heavy atom. The van der Waals surface area contributed by atoms with Crippen LogP contribution in [0.3, 0.4) is 0 Å². The van der Waals surface area contributed by atoms with E-state index in [0.29, 0.717) is 17.0 Å². The van der Waals surface area contributed by atoms with Crippen LogP contribution < -0.4 is 5.32 Å². The summed E-state index contributed by atoms with van der Waals surface area (Å²) in [5.41, 5.74) is 2.24. The van der Waals surface area contributed by atoms with Gasteiger partial charge in [-0.3, -0.25) is 9.59 Å². The van der Waals surface area contributed by atoms with Crippen molar-refractivity contribution in [2.24, 2.45) is 0 Å². The van der Waals surface area contributed by atoms with Gasteiger partial charge in [0.25, 0.3) is 0 Å². The van der Waals surface area contributed by atoms with Crippen molar-refractivity contribution >= 4 is 51.1 Å². The Labute approximate surface area is 236 Å². The number of nitrogens with zero attached hydrogens (tertiary/aromatic N) is 1. The molecule has 0 heterocycles. The van der Waals surface area contributed by atoms with Gasteiger partial charge >= 0.3 is 0 Å². The van der Waals surface area contributed by atoms with Crippen molar-refractivity contribution in [2.75, 3.05) is 5.75 Å². The van der Waals surface area contributed by atoms with Crippen LogP contribution in [0.15, 0.2) is 77.3 Å². The molecule has 3 rings (SSSR count). The lowest BCUT2D eigenvalue weighted by molar-refractivity contribution is -0.139. The number of halogens is 3. The number of hydrogen-bond donors (Lipinski definition) is 1. The number of rotatable bonds is 12. The lowest BCUT2D eigenvalue weighted by atomic mass is 10.0. The van der Waals surface area contributed by atoms with Gasteiger partial charge in [-0.2, -0.15) is 0 Å². The average molecular weight is 606 g/mol. The van der Waals surface area contributed by atoms with Crippen LogP contribution in [0.2, 0.25) is 5.02 Å². The second-order valence-electron chi connectivity index (χ2n) is 8.87. The van der Waals surface area contributed by atoms with Gasteiger partial charge in [0.15, 0.2) is 0 Å². The molecule has 37 heavy (non-hydrogen) atoms. The van der Waals surface area contributed by atoms with Crippen LogP contribution >= 0.6 is 39.3 Å². The van der Waals surface area contributed by atoms with E-state index in [1.807, 2.05) is 68.4 Å². The highest BCUT2D eigenvalue weighted by molar-refractivity contribution is 9.10. The summed E-state index contributed by atoms with van der Waals surface area (Å²) < 4.78 is 15.1. The maximum Gasteiger partial charge on any atom is 0.243 e. The van der Waals surface area contributed by atoms with E-state index in [-0.39, 0.29) is 35.9 Å². The third-order valence-corrected chi connectivity index (χ3v) is 7.84. The van der Waals surface area contributed by atoms with Crippen LogP contribution in [-0.2, 0) is 28.3 Å². The monoisotopic (exact) mass is 604 g/mol. The Morgan fingerprint density at radius 1 is 1.05 bits per heavy atom. The zero-order valence-electron chi connectivity index (χ0n) is 20.9. The van der Waals surface area contributed by atoms with Gasteiger partial charge in [0.05, 0.1) is 5.75 Å². The zero-order chi connectivity index (χ0) is 26.8. The third kappa shape index (κ3) is 8.87. The van der Waals surface area contributed by atoms with E-state index in [4.69, 9.17) is 11.6 Å². The van der Waals surface area contributed by atoms with Crippen molar-refractivity contribution in [1.82, 2.24) is 10.2 Å². The first-order chi connectivity index (χ1) is 17.8. The van der Waals surface area contributed by atoms with Crippen LogP contribution in [-0.4, -0.2) is 34.6 Å². The number of nitrogens with one attached hydrogen (secondary N) is 1. The third-order valence-electron chi connectivity index (χ3n) is 6.05. The first kappa shape index (κ1) is 29.2. The second kappa shape index (κ2) is 14.6. The SMILES string of the molecule is CC[C@H](C)NC(=O)[C@H](Cc1ccccc1)N(Cc1cccc(Br)c1)C(=O)CSCc1c(F)cccc1Cl. The summed E-state index contributed by atoms with van der Waals surface area (Å²) in [5.74, 6) is -0.444. The molecular weight excluding hydrogens is 575 g/mol. The highest BCUT2D eigenvalue weighted by atomic mass is 79.9. The van der Waals surface area contributed by atoms with E-state index in [9.17, 15) is 14.0 Å². The molecule has 0 saturated heterocycles. The Morgan fingerprint density at radius 3 is 2.43 bits per heavy atom. The van der Waals surface area contributed by atoms with Gasteiger partial charge < -0.3 is 10.2 Å². The fourth-order valence-corrected chi connectivity index (χ4v) is 5.52. The van der Waals surface area contributed by atoms with Crippen molar-refractivity contribution in [2.45, 2.75) is 51.1 Å². The van der Waals surface area contributed by atoms with Gasteiger partial charge in [-0.05, 0) is 48.7 Å². The van der Waals surface area contributed by atoms with Crippen LogP contribution in [0, 0.1) is 5.82 Å². The number of carbonyl (C=O) groups excluding carboxylic acids is 2. The number of hydrogen-bond acceptors (Lipinski definition) is 3. The molecule has 0 aliphatic carbocycles. The van der Waals surface area contributed by atoms with Gasteiger partial charge in [-0.15, -0.1) is 11.8 Å². The molecule has 0 aromatic heterocycles. The van der Waals surface area contributed by atoms with Crippen molar-refractivity contribution in [3.63, 3.8) is 0 Å². The van der Waals surface area contributed by atoms with E-state index in [2.05, 4.69) is 21.2 Å². The zero-order valence-corrected chi connectivity index (χ0v) is 24.1. The molecular formula is C29H31BrClFN2O2S. The highest BCUT2D eigenvalue weighted by Crippen LogP contribution is 2.25. The van der Waals surface area contributed by atoms with E-state index in [1.165, 1.54) is 17.8 Å². The molecule has 2 atom stereocenters. The topological polar surface area (TPSA) is 49.4 Å². The van der Waals surface area contributed by atoms with E-state index >= 15 is 0 Å². The molecule has 2 amide bonds. The Bertz CT molecular complexity index is 1180. The predicted molar refractivity (Wildman–Crippen MR) is 154 cm³/mol. The van der Waals surface area contributed by atoms with Gasteiger partial charge in [0.2, 0.25) is 11.8 Å². The Hall–Kier alpha value is -2.35. The summed E-state index contributed by atoms with van der Waals surface area (Å²) in [6.45, 7) is 4.22. The normalized spacial score (nSPS) is 12.6. The van der Waals surface area contributed by atoms with Gasteiger partial charge in [-0.25, -0.2) is 4.39 Å². The highest BCUT2D eigenvalue weighted by Gasteiger charge is 2.31. The number of carbonyl (C=O) groups is 2. The van der Waals surface area contributed by atoms with Gasteiger partial charge in [-0.1, -0.05) is 83.0 Å². The summed E-state index contributed by atoms with van der Waals surface area (Å²) in [4.78, 5) is 28.8.